The van der Waals surface area contributed by atoms with Crippen LogP contribution in [0, 0.1) is 6.92 Å². The molecule has 1 saturated heterocycles. The second-order valence-electron chi connectivity index (χ2n) is 9.04. The number of benzene rings is 2. The van der Waals surface area contributed by atoms with E-state index in [9.17, 15) is 27.6 Å². The Balaban J connectivity index is 1.74. The first kappa shape index (κ1) is 28.5. The zero-order chi connectivity index (χ0) is 27.2. The number of anilines is 1. The molecule has 37 heavy (non-hydrogen) atoms. The van der Waals surface area contributed by atoms with Crippen LogP contribution in [-0.2, 0) is 22.2 Å². The molecule has 1 fully saturated rings. The molecule has 0 radical (unpaired) electrons. The number of alkyl halides is 3. The van der Waals surface area contributed by atoms with Crippen LogP contribution in [0.1, 0.15) is 27.0 Å². The molecular formula is C26H30ClF3N4O3. The first-order chi connectivity index (χ1) is 17.5. The molecule has 1 aliphatic rings. The van der Waals surface area contributed by atoms with E-state index in [1.165, 1.54) is 6.07 Å². The molecule has 2 amide bonds. The van der Waals surface area contributed by atoms with E-state index in [0.29, 0.717) is 69.1 Å². The van der Waals surface area contributed by atoms with Crippen LogP contribution in [0.25, 0.3) is 0 Å². The molecule has 1 atom stereocenters. The number of nitrogens with one attached hydrogen (secondary N) is 1. The molecule has 1 heterocycles. The number of piperazine rings is 1. The molecule has 3 rings (SSSR count). The topological polar surface area (TPSA) is 73.0 Å². The van der Waals surface area contributed by atoms with Gasteiger partial charge < -0.3 is 15.1 Å². The van der Waals surface area contributed by atoms with Gasteiger partial charge in [-0.1, -0.05) is 17.7 Å². The molecule has 1 N–H and O–H groups in total. The van der Waals surface area contributed by atoms with Crippen LogP contribution in [-0.4, -0.2) is 80.8 Å². The smallest absolute Gasteiger partial charge is 0.367 e. The molecule has 2 aromatic carbocycles. The third-order valence-corrected chi connectivity index (χ3v) is 6.88. The lowest BCUT2D eigenvalue weighted by atomic mass is 9.99. The van der Waals surface area contributed by atoms with Gasteiger partial charge in [0.25, 0.3) is 0 Å². The maximum atomic E-state index is 13.6. The SMILES string of the molecule is Cc1cc(Cl)ccc1CC(C(=O)N1CCN(c2ccc(C(F)(F)F)cc2C=O)CC1)N(C)CCNC=O. The van der Waals surface area contributed by atoms with Gasteiger partial charge in [-0.05, 0) is 61.9 Å². The van der Waals surface area contributed by atoms with Gasteiger partial charge in [0.05, 0.1) is 11.6 Å². The lowest BCUT2D eigenvalue weighted by Gasteiger charge is -2.39. The average molecular weight is 539 g/mol. The highest BCUT2D eigenvalue weighted by Gasteiger charge is 2.33. The zero-order valence-electron chi connectivity index (χ0n) is 20.7. The van der Waals surface area contributed by atoms with Crippen LogP contribution in [0.3, 0.4) is 0 Å². The summed E-state index contributed by atoms with van der Waals surface area (Å²) < 4.78 is 39.2. The first-order valence-corrected chi connectivity index (χ1v) is 12.3. The zero-order valence-corrected chi connectivity index (χ0v) is 21.5. The van der Waals surface area contributed by atoms with Crippen LogP contribution >= 0.6 is 11.6 Å². The van der Waals surface area contributed by atoms with Crippen LogP contribution in [0.2, 0.25) is 5.02 Å². The van der Waals surface area contributed by atoms with Crippen molar-refractivity contribution in [1.82, 2.24) is 15.1 Å². The Kier molecular flexibility index (Phi) is 9.56. The van der Waals surface area contributed by atoms with Gasteiger partial charge >= 0.3 is 6.18 Å². The number of hydrogen-bond acceptors (Lipinski definition) is 5. The highest BCUT2D eigenvalue weighted by Crippen LogP contribution is 2.33. The van der Waals surface area contributed by atoms with Crippen molar-refractivity contribution in [3.63, 3.8) is 0 Å². The number of halogens is 4. The summed E-state index contributed by atoms with van der Waals surface area (Å²) in [5.74, 6) is -0.0781. The summed E-state index contributed by atoms with van der Waals surface area (Å²) in [6.45, 7) is 4.26. The van der Waals surface area contributed by atoms with Crippen LogP contribution in [0.4, 0.5) is 18.9 Å². The predicted octanol–water partition coefficient (Wildman–Crippen LogP) is 3.42. The second-order valence-corrected chi connectivity index (χ2v) is 9.48. The highest BCUT2D eigenvalue weighted by atomic mass is 35.5. The minimum atomic E-state index is -4.54. The van der Waals surface area contributed by atoms with E-state index in [0.717, 1.165) is 23.3 Å². The molecule has 11 heteroatoms. The van der Waals surface area contributed by atoms with Crippen molar-refractivity contribution in [2.24, 2.45) is 0 Å². The van der Waals surface area contributed by atoms with Crippen LogP contribution in [0.15, 0.2) is 36.4 Å². The summed E-state index contributed by atoms with van der Waals surface area (Å²) in [7, 11) is 1.83. The van der Waals surface area contributed by atoms with E-state index in [-0.39, 0.29) is 11.5 Å². The average Bonchev–Trinajstić information content (AvgIpc) is 2.87. The van der Waals surface area contributed by atoms with Crippen molar-refractivity contribution in [3.8, 4) is 0 Å². The quantitative estimate of drug-likeness (QED) is 0.371. The van der Waals surface area contributed by atoms with Gasteiger partial charge in [0, 0.05) is 55.5 Å². The number of carbonyl (C=O) groups is 3. The van der Waals surface area contributed by atoms with Crippen molar-refractivity contribution in [2.45, 2.75) is 25.6 Å². The first-order valence-electron chi connectivity index (χ1n) is 11.9. The monoisotopic (exact) mass is 538 g/mol. The van der Waals surface area contributed by atoms with E-state index in [2.05, 4.69) is 5.32 Å². The van der Waals surface area contributed by atoms with Crippen LogP contribution in [0.5, 0.6) is 0 Å². The highest BCUT2D eigenvalue weighted by molar-refractivity contribution is 6.30. The van der Waals surface area contributed by atoms with E-state index >= 15 is 0 Å². The predicted molar refractivity (Wildman–Crippen MR) is 136 cm³/mol. The van der Waals surface area contributed by atoms with Gasteiger partial charge in [0.2, 0.25) is 12.3 Å². The Bertz CT molecular complexity index is 1120. The van der Waals surface area contributed by atoms with Crippen LogP contribution < -0.4 is 10.2 Å². The van der Waals surface area contributed by atoms with E-state index in [1.807, 2.05) is 35.9 Å². The maximum absolute atomic E-state index is 13.6. The third kappa shape index (κ3) is 7.23. The Labute approximate surface area is 219 Å². The van der Waals surface area contributed by atoms with E-state index < -0.39 is 17.8 Å². The normalized spacial score (nSPS) is 15.0. The standard InChI is InChI=1S/C26H30ClF3N4O3/c1-18-13-22(27)5-3-19(18)15-24(32(2)8-7-31-17-36)25(37)34-11-9-33(10-12-34)23-6-4-21(26(28,29)30)14-20(23)16-35/h3-6,13-14,16-17,24H,7-12,15H2,1-2H3,(H,31,36). The Morgan fingerprint density at radius 2 is 1.84 bits per heavy atom. The maximum Gasteiger partial charge on any atom is 0.416 e. The number of likely N-dealkylation sites (N-methyl/N-ethyl adjacent to an activating group) is 1. The van der Waals surface area contributed by atoms with Gasteiger partial charge in [0.15, 0.2) is 6.29 Å². The summed E-state index contributed by atoms with van der Waals surface area (Å²) in [6, 6.07) is 8.17. The molecule has 0 saturated carbocycles. The fourth-order valence-corrected chi connectivity index (χ4v) is 4.70. The molecule has 0 aliphatic carbocycles. The molecule has 2 aromatic rings. The van der Waals surface area contributed by atoms with Crippen molar-refractivity contribution < 1.29 is 27.6 Å². The number of rotatable bonds is 10. The number of hydrogen-bond donors (Lipinski definition) is 1. The van der Waals surface area contributed by atoms with Gasteiger partial charge in [-0.3, -0.25) is 19.3 Å². The Morgan fingerprint density at radius 1 is 1.14 bits per heavy atom. The third-order valence-electron chi connectivity index (χ3n) is 6.64. The largest absolute Gasteiger partial charge is 0.416 e. The minimum absolute atomic E-state index is 0.0342. The molecule has 0 spiro atoms. The van der Waals surface area contributed by atoms with Crippen molar-refractivity contribution in [1.29, 1.82) is 0 Å². The van der Waals surface area contributed by atoms with Gasteiger partial charge in [-0.25, -0.2) is 0 Å². The number of nitrogens with zero attached hydrogens (tertiary/aromatic N) is 3. The Hall–Kier alpha value is -3.11. The van der Waals surface area contributed by atoms with E-state index in [4.69, 9.17) is 11.6 Å². The number of aldehydes is 1. The molecule has 0 bridgehead atoms. The molecule has 7 nitrogen and oxygen atoms in total. The summed E-state index contributed by atoms with van der Waals surface area (Å²) in [5, 5.41) is 3.23. The van der Waals surface area contributed by atoms with E-state index in [1.54, 1.807) is 11.0 Å². The lowest BCUT2D eigenvalue weighted by molar-refractivity contribution is -0.138. The summed E-state index contributed by atoms with van der Waals surface area (Å²) in [5.41, 5.74) is 1.46. The molecule has 1 aliphatic heterocycles. The number of aryl methyl sites for hydroxylation is 1. The lowest BCUT2D eigenvalue weighted by Crippen LogP contribution is -2.55. The van der Waals surface area contributed by atoms with Crippen molar-refractivity contribution in [3.05, 3.63) is 63.7 Å². The van der Waals surface area contributed by atoms with Gasteiger partial charge in [-0.15, -0.1) is 0 Å². The molecule has 1 unspecified atom stereocenters. The van der Waals surface area contributed by atoms with Gasteiger partial charge in [-0.2, -0.15) is 13.2 Å². The fraction of sp³-hybridized carbons (Fsp3) is 0.423. The summed E-state index contributed by atoms with van der Waals surface area (Å²) >= 11 is 6.09. The van der Waals surface area contributed by atoms with Gasteiger partial charge in [0.1, 0.15) is 0 Å². The molecule has 200 valence electrons. The Morgan fingerprint density at radius 3 is 2.43 bits per heavy atom. The van der Waals surface area contributed by atoms with Crippen molar-refractivity contribution in [2.75, 3.05) is 51.2 Å². The molecular weight excluding hydrogens is 509 g/mol. The van der Waals surface area contributed by atoms with Crippen molar-refractivity contribution >= 4 is 35.9 Å². The molecule has 0 aromatic heterocycles. The number of carbonyl (C=O) groups excluding carboxylic acids is 3. The fourth-order valence-electron chi connectivity index (χ4n) is 4.48. The summed E-state index contributed by atoms with van der Waals surface area (Å²) in [4.78, 5) is 41.3. The summed E-state index contributed by atoms with van der Waals surface area (Å²) in [6.07, 6.45) is -3.04. The second kappa shape index (κ2) is 12.4. The number of amides is 2. The minimum Gasteiger partial charge on any atom is -0.367 e.